The number of para-hydroxylation sites is 1. The van der Waals surface area contributed by atoms with Crippen LogP contribution in [0.1, 0.15) is 31.2 Å². The van der Waals surface area contributed by atoms with Crippen molar-refractivity contribution >= 4 is 5.69 Å². The predicted octanol–water partition coefficient (Wildman–Crippen LogP) is 2.77. The lowest BCUT2D eigenvalue weighted by Crippen LogP contribution is -2.28. The van der Waals surface area contributed by atoms with E-state index in [0.29, 0.717) is 17.4 Å². The smallest absolute Gasteiger partial charge is 0.101 e. The third-order valence-corrected chi connectivity index (χ3v) is 3.90. The summed E-state index contributed by atoms with van der Waals surface area (Å²) in [5, 5.41) is 21.8. The fourth-order valence-electron chi connectivity index (χ4n) is 2.77. The van der Waals surface area contributed by atoms with Crippen molar-refractivity contribution in [1.29, 1.82) is 5.26 Å². The normalized spacial score (nSPS) is 23.3. The minimum atomic E-state index is 0.284. The SMILES string of the molecule is N#Cc1ccccc1NCC1CCCCC1CO. The van der Waals surface area contributed by atoms with Crippen molar-refractivity contribution in [2.24, 2.45) is 11.8 Å². The molecule has 2 rings (SSSR count). The van der Waals surface area contributed by atoms with Crippen LogP contribution >= 0.6 is 0 Å². The molecular formula is C15H20N2O. The number of nitrogens with zero attached hydrogens (tertiary/aromatic N) is 1. The summed E-state index contributed by atoms with van der Waals surface area (Å²) < 4.78 is 0. The number of anilines is 1. The van der Waals surface area contributed by atoms with Gasteiger partial charge in [-0.3, -0.25) is 0 Å². The Bertz CT molecular complexity index is 425. The molecule has 2 atom stereocenters. The summed E-state index contributed by atoms with van der Waals surface area (Å²) in [6, 6.07) is 9.78. The Hall–Kier alpha value is -1.53. The molecule has 0 radical (unpaired) electrons. The molecule has 2 unspecified atom stereocenters. The van der Waals surface area contributed by atoms with Gasteiger partial charge in [0.25, 0.3) is 0 Å². The summed E-state index contributed by atoms with van der Waals surface area (Å²) in [4.78, 5) is 0. The fraction of sp³-hybridized carbons (Fsp3) is 0.533. The van der Waals surface area contributed by atoms with E-state index in [0.717, 1.165) is 18.7 Å². The minimum Gasteiger partial charge on any atom is -0.396 e. The molecule has 0 heterocycles. The molecule has 1 aromatic rings. The average molecular weight is 244 g/mol. The quantitative estimate of drug-likeness (QED) is 0.856. The topological polar surface area (TPSA) is 56.0 Å². The molecule has 0 spiro atoms. The van der Waals surface area contributed by atoms with Crippen molar-refractivity contribution in [1.82, 2.24) is 0 Å². The number of aliphatic hydroxyl groups excluding tert-OH is 1. The molecule has 1 saturated carbocycles. The second kappa shape index (κ2) is 6.42. The van der Waals surface area contributed by atoms with Gasteiger partial charge in [0, 0.05) is 13.2 Å². The highest BCUT2D eigenvalue weighted by Crippen LogP contribution is 2.30. The monoisotopic (exact) mass is 244 g/mol. The van der Waals surface area contributed by atoms with Gasteiger partial charge in [0.05, 0.1) is 11.3 Å². The number of aliphatic hydroxyl groups is 1. The van der Waals surface area contributed by atoms with E-state index in [4.69, 9.17) is 5.26 Å². The molecule has 1 aromatic carbocycles. The van der Waals surface area contributed by atoms with E-state index >= 15 is 0 Å². The zero-order valence-electron chi connectivity index (χ0n) is 10.6. The highest BCUT2D eigenvalue weighted by molar-refractivity contribution is 5.57. The van der Waals surface area contributed by atoms with Gasteiger partial charge in [-0.25, -0.2) is 0 Å². The molecule has 1 aliphatic carbocycles. The van der Waals surface area contributed by atoms with Gasteiger partial charge in [0.1, 0.15) is 6.07 Å². The Balaban J connectivity index is 1.96. The lowest BCUT2D eigenvalue weighted by Gasteiger charge is -2.30. The van der Waals surface area contributed by atoms with E-state index in [-0.39, 0.29) is 6.61 Å². The van der Waals surface area contributed by atoms with Gasteiger partial charge in [-0.2, -0.15) is 5.26 Å². The Morgan fingerprint density at radius 1 is 1.22 bits per heavy atom. The molecule has 0 bridgehead atoms. The maximum atomic E-state index is 9.38. The number of hydrogen-bond donors (Lipinski definition) is 2. The molecule has 0 aliphatic heterocycles. The fourth-order valence-corrected chi connectivity index (χ4v) is 2.77. The summed E-state index contributed by atoms with van der Waals surface area (Å²) in [7, 11) is 0. The van der Waals surface area contributed by atoms with Crippen LogP contribution in [0.4, 0.5) is 5.69 Å². The van der Waals surface area contributed by atoms with Crippen LogP contribution in [0.3, 0.4) is 0 Å². The number of nitrogens with one attached hydrogen (secondary N) is 1. The first-order valence-electron chi connectivity index (χ1n) is 6.69. The van der Waals surface area contributed by atoms with Crippen LogP contribution in [0, 0.1) is 23.2 Å². The summed E-state index contributed by atoms with van der Waals surface area (Å²) in [5.74, 6) is 0.941. The summed E-state index contributed by atoms with van der Waals surface area (Å²) in [5.41, 5.74) is 1.59. The lowest BCUT2D eigenvalue weighted by molar-refractivity contribution is 0.141. The van der Waals surface area contributed by atoms with Gasteiger partial charge in [-0.1, -0.05) is 25.0 Å². The molecule has 18 heavy (non-hydrogen) atoms. The second-order valence-corrected chi connectivity index (χ2v) is 5.03. The third-order valence-electron chi connectivity index (χ3n) is 3.90. The van der Waals surface area contributed by atoms with Crippen molar-refractivity contribution < 1.29 is 5.11 Å². The largest absolute Gasteiger partial charge is 0.396 e. The lowest BCUT2D eigenvalue weighted by atomic mass is 9.79. The molecule has 1 fully saturated rings. The van der Waals surface area contributed by atoms with Crippen LogP contribution < -0.4 is 5.32 Å². The number of nitriles is 1. The molecule has 3 nitrogen and oxygen atoms in total. The highest BCUT2D eigenvalue weighted by atomic mass is 16.3. The van der Waals surface area contributed by atoms with Crippen LogP contribution in [0.25, 0.3) is 0 Å². The molecule has 3 heteroatoms. The van der Waals surface area contributed by atoms with Gasteiger partial charge in [-0.05, 0) is 36.8 Å². The third kappa shape index (κ3) is 3.02. The van der Waals surface area contributed by atoms with Crippen molar-refractivity contribution in [2.75, 3.05) is 18.5 Å². The molecule has 0 aromatic heterocycles. The molecule has 1 aliphatic rings. The van der Waals surface area contributed by atoms with Crippen molar-refractivity contribution in [3.05, 3.63) is 29.8 Å². The highest BCUT2D eigenvalue weighted by Gasteiger charge is 2.24. The first-order valence-corrected chi connectivity index (χ1v) is 6.69. The van der Waals surface area contributed by atoms with Crippen molar-refractivity contribution in [2.45, 2.75) is 25.7 Å². The van der Waals surface area contributed by atoms with E-state index in [9.17, 15) is 5.11 Å². The van der Waals surface area contributed by atoms with Crippen molar-refractivity contribution in [3.63, 3.8) is 0 Å². The number of hydrogen-bond acceptors (Lipinski definition) is 3. The first kappa shape index (κ1) is 12.9. The van der Waals surface area contributed by atoms with Gasteiger partial charge in [-0.15, -0.1) is 0 Å². The van der Waals surface area contributed by atoms with Crippen LogP contribution in [0.2, 0.25) is 0 Å². The molecular weight excluding hydrogens is 224 g/mol. The minimum absolute atomic E-state index is 0.284. The van der Waals surface area contributed by atoms with Crippen LogP contribution in [-0.4, -0.2) is 18.3 Å². The molecule has 2 N–H and O–H groups in total. The summed E-state index contributed by atoms with van der Waals surface area (Å²) in [6.45, 7) is 1.14. The predicted molar refractivity (Wildman–Crippen MR) is 72.2 cm³/mol. The Morgan fingerprint density at radius 3 is 2.67 bits per heavy atom. The van der Waals surface area contributed by atoms with E-state index in [2.05, 4.69) is 11.4 Å². The van der Waals surface area contributed by atoms with E-state index in [1.807, 2.05) is 24.3 Å². The molecule has 0 saturated heterocycles. The van der Waals surface area contributed by atoms with E-state index in [1.54, 1.807) is 0 Å². The zero-order chi connectivity index (χ0) is 12.8. The van der Waals surface area contributed by atoms with Crippen LogP contribution in [0.5, 0.6) is 0 Å². The Labute approximate surface area is 108 Å². The standard InChI is InChI=1S/C15H20N2O/c16-9-12-5-3-4-8-15(12)17-10-13-6-1-2-7-14(13)11-18/h3-5,8,13-14,17-18H,1-2,6-7,10-11H2. The van der Waals surface area contributed by atoms with Gasteiger partial charge >= 0.3 is 0 Å². The summed E-state index contributed by atoms with van der Waals surface area (Å²) in [6.07, 6.45) is 4.79. The van der Waals surface area contributed by atoms with Crippen LogP contribution in [0.15, 0.2) is 24.3 Å². The van der Waals surface area contributed by atoms with E-state index in [1.165, 1.54) is 19.3 Å². The number of rotatable bonds is 4. The maximum absolute atomic E-state index is 9.38. The van der Waals surface area contributed by atoms with Crippen molar-refractivity contribution in [3.8, 4) is 6.07 Å². The summed E-state index contributed by atoms with van der Waals surface area (Å²) >= 11 is 0. The second-order valence-electron chi connectivity index (χ2n) is 5.03. The van der Waals surface area contributed by atoms with Gasteiger partial charge in [0.15, 0.2) is 0 Å². The zero-order valence-corrected chi connectivity index (χ0v) is 10.6. The maximum Gasteiger partial charge on any atom is 0.101 e. The Morgan fingerprint density at radius 2 is 1.94 bits per heavy atom. The molecule has 96 valence electrons. The van der Waals surface area contributed by atoms with Gasteiger partial charge < -0.3 is 10.4 Å². The average Bonchev–Trinajstić information content (AvgIpc) is 2.45. The van der Waals surface area contributed by atoms with Crippen LogP contribution in [-0.2, 0) is 0 Å². The van der Waals surface area contributed by atoms with E-state index < -0.39 is 0 Å². The Kier molecular flexibility index (Phi) is 4.60. The number of benzene rings is 1. The molecule has 0 amide bonds. The first-order chi connectivity index (χ1) is 8.85. The van der Waals surface area contributed by atoms with Gasteiger partial charge in [0.2, 0.25) is 0 Å².